The standard InChI is InChI=1S/C13H11F6N3OS/c1-22-5-6-24-11(22)21-10(23)20-9-7(12(14,15)16)3-2-4-8(9)13(17,18)19/h2-4H,5-6H2,1H3,(H,20,23)/b21-11-. The Morgan fingerprint density at radius 1 is 1.17 bits per heavy atom. The van der Waals surface area contributed by atoms with Gasteiger partial charge >= 0.3 is 18.4 Å². The molecule has 0 radical (unpaired) electrons. The highest BCUT2D eigenvalue weighted by molar-refractivity contribution is 8.14. The number of anilines is 1. The first-order chi connectivity index (χ1) is 11.0. The number of amides is 2. The molecular formula is C13H11F6N3OS. The Balaban J connectivity index is 2.42. The average Bonchev–Trinajstić information content (AvgIpc) is 2.81. The summed E-state index contributed by atoms with van der Waals surface area (Å²) < 4.78 is 77.8. The third kappa shape index (κ3) is 4.13. The van der Waals surface area contributed by atoms with Gasteiger partial charge in [-0.05, 0) is 12.1 Å². The highest BCUT2D eigenvalue weighted by Gasteiger charge is 2.41. The minimum atomic E-state index is -5.06. The van der Waals surface area contributed by atoms with Crippen molar-refractivity contribution in [1.29, 1.82) is 0 Å². The lowest BCUT2D eigenvalue weighted by Gasteiger charge is -2.18. The van der Waals surface area contributed by atoms with Crippen LogP contribution in [0.15, 0.2) is 23.2 Å². The van der Waals surface area contributed by atoms with E-state index in [0.29, 0.717) is 30.5 Å². The minimum Gasteiger partial charge on any atom is -0.353 e. The number of aliphatic imine (C=N–C) groups is 1. The zero-order valence-electron chi connectivity index (χ0n) is 12.1. The lowest BCUT2D eigenvalue weighted by Crippen LogP contribution is -2.23. The van der Waals surface area contributed by atoms with Crippen LogP contribution in [0.3, 0.4) is 0 Å². The molecule has 0 atom stereocenters. The van der Waals surface area contributed by atoms with E-state index in [1.807, 2.05) is 0 Å². The largest absolute Gasteiger partial charge is 0.418 e. The Hall–Kier alpha value is -1.91. The highest BCUT2D eigenvalue weighted by atomic mass is 32.2. The summed E-state index contributed by atoms with van der Waals surface area (Å²) in [5.74, 6) is 0.621. The molecule has 132 valence electrons. The zero-order valence-corrected chi connectivity index (χ0v) is 12.9. The quantitative estimate of drug-likeness (QED) is 0.749. The third-order valence-corrected chi connectivity index (χ3v) is 4.14. The van der Waals surface area contributed by atoms with Crippen LogP contribution in [0.2, 0.25) is 0 Å². The SMILES string of the molecule is CN1CCS/C1=N\C(=O)Nc1c(C(F)(F)F)cccc1C(F)(F)F. The van der Waals surface area contributed by atoms with Gasteiger partial charge in [0.05, 0.1) is 16.8 Å². The van der Waals surface area contributed by atoms with Gasteiger partial charge < -0.3 is 10.2 Å². The van der Waals surface area contributed by atoms with Gasteiger partial charge in [-0.15, -0.1) is 0 Å². The van der Waals surface area contributed by atoms with Crippen LogP contribution >= 0.6 is 11.8 Å². The van der Waals surface area contributed by atoms with E-state index in [9.17, 15) is 31.1 Å². The molecule has 0 unspecified atom stereocenters. The predicted octanol–water partition coefficient (Wildman–Crippen LogP) is 4.29. The van der Waals surface area contributed by atoms with Crippen molar-refractivity contribution in [3.63, 3.8) is 0 Å². The minimum absolute atomic E-state index is 0.227. The third-order valence-electron chi connectivity index (χ3n) is 3.09. The lowest BCUT2D eigenvalue weighted by atomic mass is 10.1. The number of carbonyl (C=O) groups excluding carboxylic acids is 1. The fourth-order valence-electron chi connectivity index (χ4n) is 1.98. The molecule has 0 saturated carbocycles. The molecule has 11 heteroatoms. The second kappa shape index (κ2) is 6.54. The van der Waals surface area contributed by atoms with Crippen molar-refractivity contribution >= 4 is 28.6 Å². The number of urea groups is 1. The molecule has 1 heterocycles. The van der Waals surface area contributed by atoms with Gasteiger partial charge in [-0.3, -0.25) is 0 Å². The summed E-state index contributed by atoms with van der Waals surface area (Å²) in [5.41, 5.74) is -4.52. The molecule has 1 fully saturated rings. The Kier molecular flexibility index (Phi) is 5.02. The number of hydrogen-bond donors (Lipinski definition) is 1. The van der Waals surface area contributed by atoms with Gasteiger partial charge in [-0.25, -0.2) is 4.79 Å². The van der Waals surface area contributed by atoms with Gasteiger partial charge in [-0.2, -0.15) is 31.3 Å². The van der Waals surface area contributed by atoms with Crippen molar-refractivity contribution in [2.24, 2.45) is 4.99 Å². The normalized spacial score (nSPS) is 17.5. The van der Waals surface area contributed by atoms with Crippen molar-refractivity contribution in [2.75, 3.05) is 24.7 Å². The number of alkyl halides is 6. The van der Waals surface area contributed by atoms with E-state index in [0.717, 1.165) is 0 Å². The van der Waals surface area contributed by atoms with Crippen LogP contribution in [-0.2, 0) is 12.4 Å². The van der Waals surface area contributed by atoms with Gasteiger partial charge in [0.15, 0.2) is 5.17 Å². The van der Waals surface area contributed by atoms with E-state index in [1.165, 1.54) is 11.8 Å². The van der Waals surface area contributed by atoms with E-state index in [1.54, 1.807) is 17.3 Å². The van der Waals surface area contributed by atoms with Crippen LogP contribution in [0.25, 0.3) is 0 Å². The van der Waals surface area contributed by atoms with E-state index in [4.69, 9.17) is 0 Å². The number of halogens is 6. The predicted molar refractivity (Wildman–Crippen MR) is 78.0 cm³/mol. The molecule has 1 aromatic carbocycles. The monoisotopic (exact) mass is 371 g/mol. The molecular weight excluding hydrogens is 360 g/mol. The second-order valence-corrected chi connectivity index (χ2v) is 5.88. The Labute approximate surface area is 136 Å². The molecule has 0 bridgehead atoms. The lowest BCUT2D eigenvalue weighted by molar-refractivity contribution is -0.141. The van der Waals surface area contributed by atoms with Gasteiger partial charge in [0.2, 0.25) is 0 Å². The van der Waals surface area contributed by atoms with Crippen molar-refractivity contribution in [1.82, 2.24) is 4.90 Å². The summed E-state index contributed by atoms with van der Waals surface area (Å²) in [6.07, 6.45) is -10.1. The molecule has 0 aliphatic carbocycles. The van der Waals surface area contributed by atoms with Gasteiger partial charge in [0.25, 0.3) is 0 Å². The molecule has 4 nitrogen and oxygen atoms in total. The molecule has 0 spiro atoms. The Bertz CT molecular complexity index is 638. The number of hydrogen-bond acceptors (Lipinski definition) is 2. The first-order valence-electron chi connectivity index (χ1n) is 6.51. The maximum atomic E-state index is 13.0. The van der Waals surface area contributed by atoms with Crippen molar-refractivity contribution in [3.8, 4) is 0 Å². The maximum absolute atomic E-state index is 13.0. The van der Waals surface area contributed by atoms with E-state index in [-0.39, 0.29) is 5.17 Å². The van der Waals surface area contributed by atoms with Crippen LogP contribution in [0.5, 0.6) is 0 Å². The number of rotatable bonds is 1. The summed E-state index contributed by atoms with van der Waals surface area (Å²) in [5, 5.41) is 1.86. The van der Waals surface area contributed by atoms with Gasteiger partial charge in [0, 0.05) is 19.3 Å². The first-order valence-corrected chi connectivity index (χ1v) is 7.49. The topological polar surface area (TPSA) is 44.7 Å². The van der Waals surface area contributed by atoms with Crippen LogP contribution in [0.1, 0.15) is 11.1 Å². The molecule has 1 aliphatic heterocycles. The van der Waals surface area contributed by atoms with Crippen molar-refractivity contribution < 1.29 is 31.1 Å². The number of carbonyl (C=O) groups is 1. The molecule has 24 heavy (non-hydrogen) atoms. The van der Waals surface area contributed by atoms with Crippen LogP contribution in [0.4, 0.5) is 36.8 Å². The number of nitrogens with one attached hydrogen (secondary N) is 1. The number of amidine groups is 1. The van der Waals surface area contributed by atoms with E-state index >= 15 is 0 Å². The van der Waals surface area contributed by atoms with Crippen molar-refractivity contribution in [2.45, 2.75) is 12.4 Å². The molecule has 1 N–H and O–H groups in total. The molecule has 1 aromatic rings. The summed E-state index contributed by atoms with van der Waals surface area (Å²) in [6.45, 7) is 0.573. The zero-order chi connectivity index (χ0) is 18.1. The number of thioether (sulfide) groups is 1. The number of para-hydroxylation sites is 1. The fraction of sp³-hybridized carbons (Fsp3) is 0.385. The number of nitrogens with zero attached hydrogens (tertiary/aromatic N) is 2. The molecule has 2 amide bonds. The molecule has 2 rings (SSSR count). The molecule has 0 aromatic heterocycles. The van der Waals surface area contributed by atoms with Gasteiger partial charge in [-0.1, -0.05) is 17.8 Å². The molecule has 1 aliphatic rings. The number of benzene rings is 1. The first kappa shape index (κ1) is 18.4. The van der Waals surface area contributed by atoms with Gasteiger partial charge in [0.1, 0.15) is 0 Å². The highest BCUT2D eigenvalue weighted by Crippen LogP contribution is 2.42. The summed E-state index contributed by atoms with van der Waals surface area (Å²) in [7, 11) is 1.61. The molecule has 1 saturated heterocycles. The fourth-order valence-corrected chi connectivity index (χ4v) is 2.99. The van der Waals surface area contributed by atoms with Crippen LogP contribution in [0, 0.1) is 0 Å². The van der Waals surface area contributed by atoms with Crippen LogP contribution in [-0.4, -0.2) is 35.4 Å². The Morgan fingerprint density at radius 2 is 1.71 bits per heavy atom. The van der Waals surface area contributed by atoms with Crippen LogP contribution < -0.4 is 5.32 Å². The van der Waals surface area contributed by atoms with Crippen molar-refractivity contribution in [3.05, 3.63) is 29.3 Å². The second-order valence-electron chi connectivity index (χ2n) is 4.82. The summed E-state index contributed by atoms with van der Waals surface area (Å²) in [4.78, 5) is 16.9. The maximum Gasteiger partial charge on any atom is 0.418 e. The smallest absolute Gasteiger partial charge is 0.353 e. The average molecular weight is 371 g/mol. The summed E-state index contributed by atoms with van der Waals surface area (Å²) >= 11 is 1.18. The Morgan fingerprint density at radius 3 is 2.12 bits per heavy atom. The van der Waals surface area contributed by atoms with E-state index in [2.05, 4.69) is 4.99 Å². The van der Waals surface area contributed by atoms with E-state index < -0.39 is 35.2 Å². The summed E-state index contributed by atoms with van der Waals surface area (Å²) in [6, 6.07) is 0.268.